The van der Waals surface area contributed by atoms with Crippen LogP contribution in [0, 0.1) is 5.92 Å². The summed E-state index contributed by atoms with van der Waals surface area (Å²) in [6, 6.07) is 7.97. The van der Waals surface area contributed by atoms with E-state index in [2.05, 4.69) is 32.4 Å². The normalized spacial score (nSPS) is 22.2. The van der Waals surface area contributed by atoms with Crippen LogP contribution in [0.2, 0.25) is 0 Å². The molecule has 6 heteroatoms. The molecule has 132 valence electrons. The van der Waals surface area contributed by atoms with Crippen LogP contribution in [-0.4, -0.2) is 32.5 Å². The van der Waals surface area contributed by atoms with Crippen molar-refractivity contribution < 1.29 is 0 Å². The monoisotopic (exact) mass is 364 g/mol. The van der Waals surface area contributed by atoms with Crippen LogP contribution < -0.4 is 5.56 Å². The Bertz CT molecular complexity index is 967. The molecule has 2 bridgehead atoms. The molecule has 0 unspecified atom stereocenters. The summed E-state index contributed by atoms with van der Waals surface area (Å²) in [7, 11) is 0. The number of pyridine rings is 1. The Morgan fingerprint density at radius 2 is 2.00 bits per heavy atom. The Morgan fingerprint density at radius 1 is 1.12 bits per heavy atom. The predicted molar refractivity (Wildman–Crippen MR) is 102 cm³/mol. The van der Waals surface area contributed by atoms with Gasteiger partial charge in [-0.05, 0) is 29.9 Å². The minimum Gasteiger partial charge on any atom is -0.311 e. The molecule has 5 nitrogen and oxygen atoms in total. The first kappa shape index (κ1) is 15.9. The van der Waals surface area contributed by atoms with Gasteiger partial charge in [0.25, 0.3) is 5.56 Å². The van der Waals surface area contributed by atoms with Crippen molar-refractivity contribution in [3.8, 4) is 11.1 Å². The van der Waals surface area contributed by atoms with Gasteiger partial charge in [0.2, 0.25) is 0 Å². The lowest BCUT2D eigenvalue weighted by molar-refractivity contribution is 0.115. The van der Waals surface area contributed by atoms with Crippen molar-refractivity contribution in [1.29, 1.82) is 0 Å². The third kappa shape index (κ3) is 2.79. The van der Waals surface area contributed by atoms with Crippen molar-refractivity contribution >= 4 is 11.3 Å². The van der Waals surface area contributed by atoms with Gasteiger partial charge in [-0.25, -0.2) is 9.97 Å². The van der Waals surface area contributed by atoms with Crippen molar-refractivity contribution in [3.05, 3.63) is 69.3 Å². The van der Waals surface area contributed by atoms with E-state index in [0.717, 1.165) is 43.7 Å². The number of hydrogen-bond donors (Lipinski definition) is 0. The predicted octanol–water partition coefficient (Wildman–Crippen LogP) is 2.99. The van der Waals surface area contributed by atoms with Crippen molar-refractivity contribution in [2.75, 3.05) is 13.1 Å². The van der Waals surface area contributed by atoms with E-state index >= 15 is 0 Å². The summed E-state index contributed by atoms with van der Waals surface area (Å²) in [6.07, 6.45) is 6.38. The number of hydrogen-bond acceptors (Lipinski definition) is 5. The number of rotatable bonds is 3. The van der Waals surface area contributed by atoms with Crippen LogP contribution in [0.1, 0.15) is 22.9 Å². The number of piperidine rings is 1. The first-order valence-corrected chi connectivity index (χ1v) is 9.90. The average Bonchev–Trinajstić information content (AvgIpc) is 3.16. The molecular weight excluding hydrogens is 344 g/mol. The fourth-order valence-corrected chi connectivity index (χ4v) is 5.29. The fourth-order valence-electron chi connectivity index (χ4n) is 4.55. The number of nitrogens with zero attached hydrogens (tertiary/aromatic N) is 4. The summed E-state index contributed by atoms with van der Waals surface area (Å²) < 4.78 is 2.00. The highest BCUT2D eigenvalue weighted by Gasteiger charge is 2.36. The van der Waals surface area contributed by atoms with Gasteiger partial charge >= 0.3 is 0 Å². The van der Waals surface area contributed by atoms with E-state index in [1.807, 2.05) is 34.4 Å². The van der Waals surface area contributed by atoms with Crippen LogP contribution in [0.25, 0.3) is 11.1 Å². The van der Waals surface area contributed by atoms with Gasteiger partial charge in [0, 0.05) is 72.3 Å². The topological polar surface area (TPSA) is 51.0 Å². The van der Waals surface area contributed by atoms with Crippen molar-refractivity contribution in [2.24, 2.45) is 5.92 Å². The van der Waals surface area contributed by atoms with Crippen LogP contribution in [0.4, 0.5) is 0 Å². The third-order valence-electron chi connectivity index (χ3n) is 5.50. The molecule has 5 heterocycles. The molecule has 26 heavy (non-hydrogen) atoms. The zero-order valence-electron chi connectivity index (χ0n) is 14.4. The van der Waals surface area contributed by atoms with E-state index in [4.69, 9.17) is 0 Å². The van der Waals surface area contributed by atoms with Gasteiger partial charge in [-0.15, -0.1) is 11.3 Å². The Hall–Kier alpha value is -2.31. The SMILES string of the molecule is O=c1ccc(-c2cncnc2)c2n1C[C@@H]1C[C@@H]2CN(Cc2cccs2)C1. The van der Waals surface area contributed by atoms with E-state index in [-0.39, 0.29) is 5.56 Å². The first-order valence-electron chi connectivity index (χ1n) is 9.02. The highest BCUT2D eigenvalue weighted by molar-refractivity contribution is 7.09. The zero-order chi connectivity index (χ0) is 17.5. The summed E-state index contributed by atoms with van der Waals surface area (Å²) >= 11 is 1.82. The molecule has 0 amide bonds. The Morgan fingerprint density at radius 3 is 2.81 bits per heavy atom. The number of likely N-dealkylation sites (tertiary alicyclic amines) is 1. The minimum atomic E-state index is 0.113. The average molecular weight is 364 g/mol. The van der Waals surface area contributed by atoms with Gasteiger partial charge in [0.05, 0.1) is 0 Å². The maximum atomic E-state index is 12.5. The van der Waals surface area contributed by atoms with Crippen molar-refractivity contribution in [2.45, 2.75) is 25.4 Å². The van der Waals surface area contributed by atoms with Gasteiger partial charge in [-0.2, -0.15) is 0 Å². The minimum absolute atomic E-state index is 0.113. The molecule has 0 saturated carbocycles. The molecule has 2 aliphatic heterocycles. The van der Waals surface area contributed by atoms with Crippen LogP contribution >= 0.6 is 11.3 Å². The molecule has 1 fully saturated rings. The molecule has 5 rings (SSSR count). The standard InChI is InChI=1S/C20H20N4OS/c25-19-4-3-18(16-7-21-13-22-8-16)20-15-6-14(10-24(19)20)9-23(11-15)12-17-2-1-5-26-17/h1-5,7-8,13-15H,6,9-12H2/t14-,15-/m1/s1. The van der Waals surface area contributed by atoms with Crippen LogP contribution in [0.15, 0.2) is 53.2 Å². The van der Waals surface area contributed by atoms with Gasteiger partial charge in [-0.1, -0.05) is 6.07 Å². The smallest absolute Gasteiger partial charge is 0.250 e. The van der Waals surface area contributed by atoms with Crippen molar-refractivity contribution in [3.63, 3.8) is 0 Å². The number of aromatic nitrogens is 3. The van der Waals surface area contributed by atoms with Gasteiger partial charge in [-0.3, -0.25) is 9.69 Å². The summed E-state index contributed by atoms with van der Waals surface area (Å²) in [5.41, 5.74) is 3.37. The fraction of sp³-hybridized carbons (Fsp3) is 0.350. The number of fused-ring (bicyclic) bond motifs is 4. The van der Waals surface area contributed by atoms with Crippen LogP contribution in [0.5, 0.6) is 0 Å². The summed E-state index contributed by atoms with van der Waals surface area (Å²) in [4.78, 5) is 24.8. The molecular formula is C20H20N4OS. The molecule has 0 aromatic carbocycles. The van der Waals surface area contributed by atoms with E-state index in [1.165, 1.54) is 10.6 Å². The van der Waals surface area contributed by atoms with Crippen LogP contribution in [0.3, 0.4) is 0 Å². The Kier molecular flexibility index (Phi) is 3.94. The van der Waals surface area contributed by atoms with Crippen LogP contribution in [-0.2, 0) is 13.1 Å². The van der Waals surface area contributed by atoms with Crippen molar-refractivity contribution in [1.82, 2.24) is 19.4 Å². The van der Waals surface area contributed by atoms with Gasteiger partial charge in [0.15, 0.2) is 0 Å². The second kappa shape index (κ2) is 6.45. The largest absolute Gasteiger partial charge is 0.311 e. The molecule has 3 aromatic rings. The molecule has 2 atom stereocenters. The Balaban J connectivity index is 1.54. The second-order valence-electron chi connectivity index (χ2n) is 7.28. The molecule has 0 N–H and O–H groups in total. The van der Waals surface area contributed by atoms with E-state index in [1.54, 1.807) is 12.4 Å². The lowest BCUT2D eigenvalue weighted by Crippen LogP contribution is -2.46. The quantitative estimate of drug-likeness (QED) is 0.717. The molecule has 0 radical (unpaired) electrons. The highest BCUT2D eigenvalue weighted by Crippen LogP contribution is 2.40. The molecule has 2 aliphatic rings. The van der Waals surface area contributed by atoms with E-state index in [9.17, 15) is 4.79 Å². The molecule has 1 saturated heterocycles. The summed E-state index contributed by atoms with van der Waals surface area (Å²) in [5.74, 6) is 0.924. The lowest BCUT2D eigenvalue weighted by Gasteiger charge is -2.43. The third-order valence-corrected chi connectivity index (χ3v) is 6.36. The van der Waals surface area contributed by atoms with Gasteiger partial charge < -0.3 is 4.57 Å². The Labute approximate surface area is 156 Å². The van der Waals surface area contributed by atoms with E-state index < -0.39 is 0 Å². The lowest BCUT2D eigenvalue weighted by atomic mass is 9.80. The molecule has 0 aliphatic carbocycles. The molecule has 3 aromatic heterocycles. The summed E-state index contributed by atoms with van der Waals surface area (Å²) in [6.45, 7) is 3.89. The first-order chi connectivity index (χ1) is 12.8. The van der Waals surface area contributed by atoms with E-state index in [0.29, 0.717) is 11.8 Å². The number of thiophene rings is 1. The summed E-state index contributed by atoms with van der Waals surface area (Å²) in [5, 5.41) is 2.14. The second-order valence-corrected chi connectivity index (χ2v) is 8.31. The van der Waals surface area contributed by atoms with Gasteiger partial charge in [0.1, 0.15) is 6.33 Å². The maximum Gasteiger partial charge on any atom is 0.250 e. The maximum absolute atomic E-state index is 12.5. The zero-order valence-corrected chi connectivity index (χ0v) is 15.2. The molecule has 0 spiro atoms. The highest BCUT2D eigenvalue weighted by atomic mass is 32.1.